The van der Waals surface area contributed by atoms with Crippen LogP contribution in [0.4, 0.5) is 5.82 Å². The molecule has 2 aromatic carbocycles. The molecule has 3 aromatic rings. The van der Waals surface area contributed by atoms with Crippen LogP contribution < -0.4 is 25.4 Å². The van der Waals surface area contributed by atoms with Crippen LogP contribution in [-0.2, 0) is 6.42 Å². The Bertz CT molecular complexity index is 1320. The van der Waals surface area contributed by atoms with E-state index >= 15 is 0 Å². The Balaban J connectivity index is 0.970. The highest BCUT2D eigenvalue weighted by Gasteiger charge is 2.24. The van der Waals surface area contributed by atoms with Crippen molar-refractivity contribution in [3.8, 4) is 17.2 Å². The number of aromatic nitrogens is 2. The molecule has 3 N–H and O–H groups in total. The molecular weight excluding hydrogens is 554 g/mol. The Kier molecular flexibility index (Phi) is 11.4. The zero-order valence-corrected chi connectivity index (χ0v) is 26.2. The molecule has 2 aliphatic heterocycles. The highest BCUT2D eigenvalue weighted by molar-refractivity contribution is 5.92. The molecule has 0 unspecified atom stereocenters. The van der Waals surface area contributed by atoms with Crippen molar-refractivity contribution in [2.45, 2.75) is 32.6 Å². The maximum atomic E-state index is 12.6. The number of hydrogen-bond acceptors (Lipinski definition) is 9. The Morgan fingerprint density at radius 3 is 2.39 bits per heavy atom. The minimum Gasteiger partial charge on any atom is -0.494 e. The number of rotatable bonds is 13. The lowest BCUT2D eigenvalue weighted by atomic mass is 9.96. The number of ether oxygens (including phenoxy) is 2. The molecule has 10 heteroatoms. The van der Waals surface area contributed by atoms with Gasteiger partial charge in [0.2, 0.25) is 0 Å². The van der Waals surface area contributed by atoms with Crippen LogP contribution in [0, 0.1) is 12.8 Å². The monoisotopic (exact) mass is 601 g/mol. The van der Waals surface area contributed by atoms with E-state index in [1.807, 2.05) is 49.4 Å². The third kappa shape index (κ3) is 9.14. The number of carbonyl (C=O) groups is 1. The normalized spacial score (nSPS) is 16.6. The summed E-state index contributed by atoms with van der Waals surface area (Å²) in [7, 11) is 2.20. The molecule has 1 amide bonds. The molecule has 1 aromatic heterocycles. The van der Waals surface area contributed by atoms with Crippen molar-refractivity contribution in [2.24, 2.45) is 11.7 Å². The Hall–Kier alpha value is -3.73. The summed E-state index contributed by atoms with van der Waals surface area (Å²) in [6.45, 7) is 11.5. The van der Waals surface area contributed by atoms with Gasteiger partial charge in [0.05, 0.1) is 6.61 Å². The molecule has 44 heavy (non-hydrogen) atoms. The summed E-state index contributed by atoms with van der Waals surface area (Å²) in [5, 5.41) is 11.5. The average Bonchev–Trinajstić information content (AvgIpc) is 3.04. The number of piperidine rings is 1. The molecule has 0 bridgehead atoms. The van der Waals surface area contributed by atoms with E-state index < -0.39 is 0 Å². The number of nitrogens with two attached hydrogens (primary N) is 1. The first kappa shape index (κ1) is 31.7. The van der Waals surface area contributed by atoms with E-state index in [4.69, 9.17) is 15.2 Å². The van der Waals surface area contributed by atoms with Gasteiger partial charge in [-0.05, 0) is 106 Å². The van der Waals surface area contributed by atoms with Crippen LogP contribution in [0.1, 0.15) is 40.9 Å². The van der Waals surface area contributed by atoms with Crippen LogP contribution in [0.5, 0.6) is 17.2 Å². The van der Waals surface area contributed by atoms with E-state index in [9.17, 15) is 4.79 Å². The van der Waals surface area contributed by atoms with Crippen LogP contribution in [0.2, 0.25) is 0 Å². The fourth-order valence-corrected chi connectivity index (χ4v) is 5.79. The Labute approximate surface area is 261 Å². The van der Waals surface area contributed by atoms with Crippen LogP contribution in [0.25, 0.3) is 0 Å². The van der Waals surface area contributed by atoms with Gasteiger partial charge in [0.15, 0.2) is 11.5 Å². The molecule has 0 aliphatic carbocycles. The molecule has 0 spiro atoms. The number of anilines is 1. The summed E-state index contributed by atoms with van der Waals surface area (Å²) in [5.74, 6) is 3.69. The van der Waals surface area contributed by atoms with E-state index in [1.54, 1.807) is 6.07 Å². The lowest BCUT2D eigenvalue weighted by molar-refractivity contribution is 0.0945. The molecule has 2 saturated heterocycles. The maximum absolute atomic E-state index is 12.6. The van der Waals surface area contributed by atoms with Gasteiger partial charge >= 0.3 is 0 Å². The third-order valence-corrected chi connectivity index (χ3v) is 8.53. The molecule has 2 aliphatic rings. The second-order valence-corrected chi connectivity index (χ2v) is 12.0. The van der Waals surface area contributed by atoms with E-state index in [2.05, 4.69) is 43.3 Å². The second-order valence-electron chi connectivity index (χ2n) is 12.0. The fourth-order valence-electron chi connectivity index (χ4n) is 5.79. The number of piperazine rings is 1. The zero-order valence-electron chi connectivity index (χ0n) is 26.2. The largest absolute Gasteiger partial charge is 0.494 e. The van der Waals surface area contributed by atoms with Crippen molar-refractivity contribution in [3.63, 3.8) is 0 Å². The number of nitrogens with one attached hydrogen (secondary N) is 1. The van der Waals surface area contributed by atoms with Gasteiger partial charge in [0, 0.05) is 52.4 Å². The number of likely N-dealkylation sites (N-methyl/N-ethyl adjacent to an activating group) is 1. The van der Waals surface area contributed by atoms with E-state index in [1.165, 1.54) is 51.1 Å². The number of aryl methyl sites for hydroxylation is 1. The number of carbonyl (C=O) groups excluding carboxylic acids is 1. The summed E-state index contributed by atoms with van der Waals surface area (Å²) in [6, 6.07) is 17.4. The van der Waals surface area contributed by atoms with Gasteiger partial charge in [0.25, 0.3) is 5.91 Å². The number of amides is 1. The molecule has 0 saturated carbocycles. The van der Waals surface area contributed by atoms with Crippen molar-refractivity contribution >= 4 is 11.7 Å². The zero-order chi connectivity index (χ0) is 30.7. The lowest BCUT2D eigenvalue weighted by Crippen LogP contribution is -2.47. The van der Waals surface area contributed by atoms with E-state index in [0.717, 1.165) is 54.1 Å². The third-order valence-electron chi connectivity index (χ3n) is 8.53. The summed E-state index contributed by atoms with van der Waals surface area (Å²) >= 11 is 0. The minimum atomic E-state index is -0.220. The van der Waals surface area contributed by atoms with Gasteiger partial charge in [-0.15, -0.1) is 10.2 Å². The van der Waals surface area contributed by atoms with Gasteiger partial charge in [-0.25, -0.2) is 0 Å². The van der Waals surface area contributed by atoms with Crippen molar-refractivity contribution < 1.29 is 14.3 Å². The van der Waals surface area contributed by atoms with E-state index in [-0.39, 0.29) is 5.91 Å². The fraction of sp³-hybridized carbons (Fsp3) is 0.500. The quantitative estimate of drug-likeness (QED) is 0.283. The van der Waals surface area contributed by atoms with Crippen LogP contribution in [-0.4, -0.2) is 98.5 Å². The van der Waals surface area contributed by atoms with Crippen molar-refractivity contribution in [1.29, 1.82) is 0 Å². The molecule has 5 rings (SSSR count). The van der Waals surface area contributed by atoms with Crippen molar-refractivity contribution in [2.75, 3.05) is 77.5 Å². The highest BCUT2D eigenvalue weighted by Crippen LogP contribution is 2.27. The van der Waals surface area contributed by atoms with Gasteiger partial charge in [0.1, 0.15) is 17.2 Å². The SMILES string of the molecule is Cc1cc(CCN)ccc1Oc1ccc(OCCCNC(=O)c2ccc(N3CCC(CN4CCN(C)CC4)CC3)nn2)cc1. The smallest absolute Gasteiger partial charge is 0.271 e. The molecular formula is C34H47N7O3. The first-order valence-electron chi connectivity index (χ1n) is 15.9. The number of hydrogen-bond donors (Lipinski definition) is 2. The Morgan fingerprint density at radius 1 is 0.955 bits per heavy atom. The van der Waals surface area contributed by atoms with Crippen molar-refractivity contribution in [3.05, 3.63) is 71.4 Å². The summed E-state index contributed by atoms with van der Waals surface area (Å²) in [6.07, 6.45) is 3.86. The summed E-state index contributed by atoms with van der Waals surface area (Å²) < 4.78 is 11.9. The van der Waals surface area contributed by atoms with Crippen LogP contribution in [0.3, 0.4) is 0 Å². The topological polar surface area (TPSA) is 109 Å². The lowest BCUT2D eigenvalue weighted by Gasteiger charge is -2.38. The standard InChI is InChI=1S/C34H47N7O3/c1-26-24-27(12-15-35)4-10-32(26)44-30-7-5-29(6-8-30)43-23-3-16-36-34(42)31-9-11-33(38-37-31)41-17-13-28(14-18-41)25-40-21-19-39(2)20-22-40/h4-11,24,28H,3,12-23,25,35H2,1-2H3,(H,36,42). The first-order chi connectivity index (χ1) is 21.5. The van der Waals surface area contributed by atoms with Crippen molar-refractivity contribution in [1.82, 2.24) is 25.3 Å². The predicted octanol–water partition coefficient (Wildman–Crippen LogP) is 3.74. The van der Waals surface area contributed by atoms with Crippen LogP contribution >= 0.6 is 0 Å². The summed E-state index contributed by atoms with van der Waals surface area (Å²) in [4.78, 5) is 19.9. The van der Waals surface area contributed by atoms with Gasteiger partial charge in [-0.2, -0.15) is 0 Å². The second kappa shape index (κ2) is 15.8. The number of nitrogens with zero attached hydrogens (tertiary/aromatic N) is 5. The number of benzene rings is 2. The van der Waals surface area contributed by atoms with Crippen LogP contribution in [0.15, 0.2) is 54.6 Å². The maximum Gasteiger partial charge on any atom is 0.271 e. The molecule has 10 nitrogen and oxygen atoms in total. The first-order valence-corrected chi connectivity index (χ1v) is 15.9. The van der Waals surface area contributed by atoms with Gasteiger partial charge in [-0.3, -0.25) is 4.79 Å². The average molecular weight is 602 g/mol. The molecule has 3 heterocycles. The molecule has 0 atom stereocenters. The molecule has 0 radical (unpaired) electrons. The summed E-state index contributed by atoms with van der Waals surface area (Å²) in [5.41, 5.74) is 8.27. The molecule has 236 valence electrons. The highest BCUT2D eigenvalue weighted by atomic mass is 16.5. The predicted molar refractivity (Wildman–Crippen MR) is 174 cm³/mol. The van der Waals surface area contributed by atoms with E-state index in [0.29, 0.717) is 31.8 Å². The van der Waals surface area contributed by atoms with Gasteiger partial charge in [-0.1, -0.05) is 12.1 Å². The van der Waals surface area contributed by atoms with Gasteiger partial charge < -0.3 is 35.2 Å². The molecule has 2 fully saturated rings. The Morgan fingerprint density at radius 2 is 1.70 bits per heavy atom. The minimum absolute atomic E-state index is 0.220.